The van der Waals surface area contributed by atoms with Gasteiger partial charge in [0, 0.05) is 31.3 Å². The van der Waals surface area contributed by atoms with E-state index in [0.29, 0.717) is 24.2 Å². The van der Waals surface area contributed by atoms with Gasteiger partial charge in [-0.2, -0.15) is 0 Å². The second-order valence-electron chi connectivity index (χ2n) is 5.17. The van der Waals surface area contributed by atoms with Gasteiger partial charge >= 0.3 is 0 Å². The minimum absolute atomic E-state index is 0.177. The fourth-order valence-corrected chi connectivity index (χ4v) is 2.34. The molecule has 2 heterocycles. The van der Waals surface area contributed by atoms with E-state index in [1.54, 1.807) is 0 Å². The number of aromatic nitrogens is 2. The Bertz CT molecular complexity index is 736. The molecule has 1 amide bonds. The first-order chi connectivity index (χ1) is 11.0. The maximum absolute atomic E-state index is 14.2. The van der Waals surface area contributed by atoms with Gasteiger partial charge in [0.2, 0.25) is 5.91 Å². The van der Waals surface area contributed by atoms with Gasteiger partial charge in [0.15, 0.2) is 11.6 Å². The van der Waals surface area contributed by atoms with E-state index in [1.807, 2.05) is 0 Å². The predicted molar refractivity (Wildman–Crippen MR) is 78.2 cm³/mol. The first-order valence-electron chi connectivity index (χ1n) is 6.99. The van der Waals surface area contributed by atoms with E-state index in [-0.39, 0.29) is 17.7 Å². The van der Waals surface area contributed by atoms with Crippen LogP contribution in [-0.4, -0.2) is 33.8 Å². The average Bonchev–Trinajstić information content (AvgIpc) is 3.16. The second kappa shape index (κ2) is 6.15. The van der Waals surface area contributed by atoms with Crippen molar-refractivity contribution in [1.29, 1.82) is 0 Å². The van der Waals surface area contributed by atoms with E-state index in [1.165, 1.54) is 42.3 Å². The number of rotatable bonds is 4. The number of oxime groups is 1. The second-order valence-corrected chi connectivity index (χ2v) is 5.17. The summed E-state index contributed by atoms with van der Waals surface area (Å²) in [6.07, 6.45) is 4.24. The third-order valence-electron chi connectivity index (χ3n) is 3.42. The Morgan fingerprint density at radius 2 is 2.17 bits per heavy atom. The third-order valence-corrected chi connectivity index (χ3v) is 3.42. The average molecular weight is 320 g/mol. The van der Waals surface area contributed by atoms with E-state index in [0.717, 1.165) is 0 Å². The van der Waals surface area contributed by atoms with Crippen molar-refractivity contribution >= 4 is 11.6 Å². The fourth-order valence-electron chi connectivity index (χ4n) is 2.34. The SMILES string of the molecule is CC(=O)NCC1CC(c2cc(F)c(-n3ccnc3)c(F)c2)=NO1. The number of benzene rings is 1. The summed E-state index contributed by atoms with van der Waals surface area (Å²) in [7, 11) is 0. The highest BCUT2D eigenvalue weighted by Crippen LogP contribution is 2.23. The fraction of sp³-hybridized carbons (Fsp3) is 0.267. The molecule has 1 aromatic heterocycles. The number of carbonyl (C=O) groups excluding carboxylic acids is 1. The standard InChI is InChI=1S/C15H14F2N4O2/c1-9(22)19-7-11-6-14(20-23-11)10-4-12(16)15(13(17)5-10)21-3-2-18-8-21/h2-5,8,11H,6-7H2,1H3,(H,19,22). The van der Waals surface area contributed by atoms with Gasteiger partial charge in [0.05, 0.1) is 18.6 Å². The van der Waals surface area contributed by atoms with Crippen LogP contribution in [0, 0.1) is 11.6 Å². The molecule has 2 aromatic rings. The molecule has 6 nitrogen and oxygen atoms in total. The molecule has 0 radical (unpaired) electrons. The lowest BCUT2D eigenvalue weighted by Crippen LogP contribution is -2.30. The van der Waals surface area contributed by atoms with Crippen molar-refractivity contribution in [3.8, 4) is 5.69 Å². The Hall–Kier alpha value is -2.77. The summed E-state index contributed by atoms with van der Waals surface area (Å²) in [5.74, 6) is -1.61. The molecule has 0 bridgehead atoms. The summed E-state index contributed by atoms with van der Waals surface area (Å²) >= 11 is 0. The van der Waals surface area contributed by atoms with Gasteiger partial charge in [0.1, 0.15) is 11.8 Å². The summed E-state index contributed by atoms with van der Waals surface area (Å²) in [6.45, 7) is 1.69. The molecule has 1 aromatic carbocycles. The predicted octanol–water partition coefficient (Wildman–Crippen LogP) is 1.78. The molecule has 0 saturated heterocycles. The Labute approximate surface area is 130 Å². The van der Waals surface area contributed by atoms with E-state index in [2.05, 4.69) is 15.5 Å². The van der Waals surface area contributed by atoms with Crippen molar-refractivity contribution < 1.29 is 18.4 Å². The maximum Gasteiger partial charge on any atom is 0.217 e. The van der Waals surface area contributed by atoms with E-state index in [9.17, 15) is 13.6 Å². The highest BCUT2D eigenvalue weighted by atomic mass is 19.1. The summed E-state index contributed by atoms with van der Waals surface area (Å²) in [6, 6.07) is 2.42. The normalized spacial score (nSPS) is 16.8. The number of nitrogens with one attached hydrogen (secondary N) is 1. The molecule has 0 fully saturated rings. The zero-order chi connectivity index (χ0) is 16.4. The van der Waals surface area contributed by atoms with Gasteiger partial charge in [-0.3, -0.25) is 4.79 Å². The van der Waals surface area contributed by atoms with Gasteiger partial charge < -0.3 is 14.7 Å². The molecule has 23 heavy (non-hydrogen) atoms. The molecule has 0 saturated carbocycles. The summed E-state index contributed by atoms with van der Waals surface area (Å²) in [4.78, 5) is 19.8. The number of imidazole rings is 1. The molecule has 3 rings (SSSR count). The number of carbonyl (C=O) groups is 1. The van der Waals surface area contributed by atoms with E-state index in [4.69, 9.17) is 4.84 Å². The molecule has 1 N–H and O–H groups in total. The summed E-state index contributed by atoms with van der Waals surface area (Å²) < 4.78 is 29.7. The quantitative estimate of drug-likeness (QED) is 0.933. The van der Waals surface area contributed by atoms with Crippen molar-refractivity contribution in [2.45, 2.75) is 19.4 Å². The van der Waals surface area contributed by atoms with Gasteiger partial charge in [-0.1, -0.05) is 5.16 Å². The molecule has 8 heteroatoms. The highest BCUT2D eigenvalue weighted by Gasteiger charge is 2.24. The topological polar surface area (TPSA) is 68.5 Å². The van der Waals surface area contributed by atoms with Gasteiger partial charge in [0.25, 0.3) is 0 Å². The van der Waals surface area contributed by atoms with Gasteiger partial charge in [-0.25, -0.2) is 13.8 Å². The first kappa shape index (κ1) is 15.1. The Morgan fingerprint density at radius 3 is 2.78 bits per heavy atom. The number of amides is 1. The zero-order valence-corrected chi connectivity index (χ0v) is 12.3. The lowest BCUT2D eigenvalue weighted by Gasteiger charge is -2.09. The number of halogens is 2. The largest absolute Gasteiger partial charge is 0.390 e. The summed E-state index contributed by atoms with van der Waals surface area (Å²) in [5, 5.41) is 6.47. The number of hydrogen-bond acceptors (Lipinski definition) is 4. The molecule has 1 aliphatic rings. The Balaban J connectivity index is 1.79. The lowest BCUT2D eigenvalue weighted by atomic mass is 10.0. The molecule has 1 atom stereocenters. The molecule has 0 spiro atoms. The van der Waals surface area contributed by atoms with Crippen molar-refractivity contribution in [2.75, 3.05) is 6.54 Å². The van der Waals surface area contributed by atoms with Crippen LogP contribution in [0.3, 0.4) is 0 Å². The molecule has 1 aliphatic heterocycles. The van der Waals surface area contributed by atoms with Crippen LogP contribution in [0.5, 0.6) is 0 Å². The zero-order valence-electron chi connectivity index (χ0n) is 12.3. The summed E-state index contributed by atoms with van der Waals surface area (Å²) in [5.41, 5.74) is 0.560. The van der Waals surface area contributed by atoms with Crippen LogP contribution >= 0.6 is 0 Å². The van der Waals surface area contributed by atoms with Crippen LogP contribution in [0.4, 0.5) is 8.78 Å². The monoisotopic (exact) mass is 320 g/mol. The minimum Gasteiger partial charge on any atom is -0.390 e. The lowest BCUT2D eigenvalue weighted by molar-refractivity contribution is -0.119. The molecular weight excluding hydrogens is 306 g/mol. The minimum atomic E-state index is -0.717. The smallest absolute Gasteiger partial charge is 0.217 e. The Kier molecular flexibility index (Phi) is 4.05. The highest BCUT2D eigenvalue weighted by molar-refractivity contribution is 6.01. The first-order valence-corrected chi connectivity index (χ1v) is 6.99. The molecule has 120 valence electrons. The van der Waals surface area contributed by atoms with Crippen LogP contribution in [0.2, 0.25) is 0 Å². The molecular formula is C15H14F2N4O2. The van der Waals surface area contributed by atoms with Crippen molar-refractivity contribution in [2.24, 2.45) is 5.16 Å². The van der Waals surface area contributed by atoms with Crippen molar-refractivity contribution in [1.82, 2.24) is 14.9 Å². The van der Waals surface area contributed by atoms with Crippen LogP contribution in [0.25, 0.3) is 5.69 Å². The van der Waals surface area contributed by atoms with E-state index >= 15 is 0 Å². The molecule has 0 aliphatic carbocycles. The van der Waals surface area contributed by atoms with E-state index < -0.39 is 11.6 Å². The van der Waals surface area contributed by atoms with Gasteiger partial charge in [-0.15, -0.1) is 0 Å². The van der Waals surface area contributed by atoms with Crippen molar-refractivity contribution in [3.05, 3.63) is 48.1 Å². The number of hydrogen-bond donors (Lipinski definition) is 1. The number of nitrogens with zero attached hydrogens (tertiary/aromatic N) is 3. The van der Waals surface area contributed by atoms with Crippen LogP contribution in [0.15, 0.2) is 36.0 Å². The maximum atomic E-state index is 14.2. The molecule has 1 unspecified atom stereocenters. The van der Waals surface area contributed by atoms with Crippen LogP contribution in [-0.2, 0) is 9.63 Å². The van der Waals surface area contributed by atoms with Crippen LogP contribution in [0.1, 0.15) is 18.9 Å². The van der Waals surface area contributed by atoms with Crippen LogP contribution < -0.4 is 5.32 Å². The Morgan fingerprint density at radius 1 is 1.43 bits per heavy atom. The van der Waals surface area contributed by atoms with Crippen molar-refractivity contribution in [3.63, 3.8) is 0 Å². The third kappa shape index (κ3) is 3.20. The van der Waals surface area contributed by atoms with Gasteiger partial charge in [-0.05, 0) is 12.1 Å².